The van der Waals surface area contributed by atoms with Gasteiger partial charge < -0.3 is 4.74 Å². The molecule has 0 spiro atoms. The van der Waals surface area contributed by atoms with Crippen molar-refractivity contribution in [3.63, 3.8) is 0 Å². The molecule has 0 aromatic heterocycles. The van der Waals surface area contributed by atoms with Gasteiger partial charge in [0.15, 0.2) is 11.6 Å². The number of hydrogen-bond acceptors (Lipinski definition) is 1. The van der Waals surface area contributed by atoms with Crippen molar-refractivity contribution in [1.29, 1.82) is 0 Å². The molecule has 0 amide bonds. The van der Waals surface area contributed by atoms with Gasteiger partial charge in [-0.3, -0.25) is 0 Å². The monoisotopic (exact) mass is 472 g/mol. The first-order chi connectivity index (χ1) is 15.7. The van der Waals surface area contributed by atoms with Crippen molar-refractivity contribution in [2.45, 2.75) is 83.4 Å². The largest absolute Gasteiger partial charge is 0.573 e. The third-order valence-corrected chi connectivity index (χ3v) is 6.57. The van der Waals surface area contributed by atoms with Crippen LogP contribution in [0.25, 0.3) is 0 Å². The molecule has 0 heterocycles. The first-order valence-electron chi connectivity index (χ1n) is 11.7. The van der Waals surface area contributed by atoms with E-state index in [0.29, 0.717) is 11.5 Å². The predicted octanol–water partition coefficient (Wildman–Crippen LogP) is 8.64. The normalized spacial score (nSPS) is 19.0. The van der Waals surface area contributed by atoms with Crippen molar-refractivity contribution in [3.8, 4) is 5.75 Å². The highest BCUT2D eigenvalue weighted by atomic mass is 19.4. The van der Waals surface area contributed by atoms with Crippen LogP contribution in [-0.2, 0) is 12.8 Å². The molecule has 0 aliphatic heterocycles. The van der Waals surface area contributed by atoms with Gasteiger partial charge in [0, 0.05) is 0 Å². The lowest BCUT2D eigenvalue weighted by atomic mass is 9.77. The molecule has 1 saturated carbocycles. The van der Waals surface area contributed by atoms with E-state index in [4.69, 9.17) is 0 Å². The Morgan fingerprint density at radius 2 is 1.52 bits per heavy atom. The van der Waals surface area contributed by atoms with Crippen LogP contribution in [0.15, 0.2) is 30.3 Å². The number of alkyl halides is 3. The zero-order valence-electron chi connectivity index (χ0n) is 18.8. The van der Waals surface area contributed by atoms with Crippen LogP contribution in [0.1, 0.15) is 80.9 Å². The van der Waals surface area contributed by atoms with Gasteiger partial charge in [-0.05, 0) is 85.3 Å². The fraction of sp³-hybridized carbons (Fsp3) is 0.538. The lowest BCUT2D eigenvalue weighted by Gasteiger charge is -2.29. The Morgan fingerprint density at radius 1 is 0.848 bits per heavy atom. The summed E-state index contributed by atoms with van der Waals surface area (Å²) in [6.45, 7) is 2.20. The van der Waals surface area contributed by atoms with Gasteiger partial charge in [-0.2, -0.15) is 0 Å². The Bertz CT molecular complexity index is 892. The second-order valence-corrected chi connectivity index (χ2v) is 9.00. The number of aryl methyl sites for hydroxylation is 2. The number of unbranched alkanes of at least 4 members (excludes halogenated alkanes) is 2. The maximum atomic E-state index is 14.7. The van der Waals surface area contributed by atoms with Crippen molar-refractivity contribution in [1.82, 2.24) is 0 Å². The summed E-state index contributed by atoms with van der Waals surface area (Å²) in [5.41, 5.74) is 1.52. The molecule has 1 nitrogen and oxygen atoms in total. The summed E-state index contributed by atoms with van der Waals surface area (Å²) in [7, 11) is 0. The van der Waals surface area contributed by atoms with Crippen LogP contribution < -0.4 is 4.74 Å². The third-order valence-electron chi connectivity index (χ3n) is 6.57. The second-order valence-electron chi connectivity index (χ2n) is 9.00. The van der Waals surface area contributed by atoms with E-state index in [-0.39, 0.29) is 24.2 Å². The number of rotatable bonds is 9. The van der Waals surface area contributed by atoms with Crippen molar-refractivity contribution in [2.24, 2.45) is 5.92 Å². The molecule has 1 fully saturated rings. The minimum absolute atomic E-state index is 0.0826. The van der Waals surface area contributed by atoms with Crippen molar-refractivity contribution >= 4 is 0 Å². The fourth-order valence-corrected chi connectivity index (χ4v) is 4.74. The molecule has 1 aliphatic carbocycles. The van der Waals surface area contributed by atoms with E-state index in [1.807, 2.05) is 6.07 Å². The molecular formula is C26H30F6O. The third kappa shape index (κ3) is 7.41. The number of halogens is 6. The first-order valence-corrected chi connectivity index (χ1v) is 11.7. The lowest BCUT2D eigenvalue weighted by molar-refractivity contribution is -0.276. The van der Waals surface area contributed by atoms with Crippen LogP contribution in [0.3, 0.4) is 0 Å². The van der Waals surface area contributed by atoms with Crippen LogP contribution in [0.5, 0.6) is 5.75 Å². The smallest absolute Gasteiger partial charge is 0.399 e. The zero-order chi connectivity index (χ0) is 24.0. The van der Waals surface area contributed by atoms with Crippen LogP contribution in [0.4, 0.5) is 26.3 Å². The number of benzene rings is 2. The van der Waals surface area contributed by atoms with E-state index in [2.05, 4.69) is 11.7 Å². The number of hydrogen-bond donors (Lipinski definition) is 0. The van der Waals surface area contributed by atoms with Gasteiger partial charge in [0.05, 0.1) is 0 Å². The molecule has 0 N–H and O–H groups in total. The molecular weight excluding hydrogens is 442 g/mol. The highest BCUT2D eigenvalue weighted by Crippen LogP contribution is 2.38. The molecule has 3 rings (SSSR count). The molecule has 0 radical (unpaired) electrons. The summed E-state index contributed by atoms with van der Waals surface area (Å²) < 4.78 is 82.7. The molecule has 182 valence electrons. The van der Waals surface area contributed by atoms with E-state index in [1.54, 1.807) is 12.1 Å². The van der Waals surface area contributed by atoms with Crippen molar-refractivity contribution < 1.29 is 31.1 Å². The summed E-state index contributed by atoms with van der Waals surface area (Å²) in [6, 6.07) is 6.75. The average molecular weight is 473 g/mol. The summed E-state index contributed by atoms with van der Waals surface area (Å²) in [4.78, 5) is 0. The van der Waals surface area contributed by atoms with E-state index in [1.165, 1.54) is 38.5 Å². The van der Waals surface area contributed by atoms with Gasteiger partial charge in [-0.15, -0.1) is 13.2 Å². The second kappa shape index (κ2) is 11.3. The molecule has 0 atom stereocenters. The van der Waals surface area contributed by atoms with Gasteiger partial charge in [0.1, 0.15) is 5.82 Å². The standard InChI is InChI=1S/C26H30F6O/c1-2-3-4-5-17-6-9-19(10-7-17)21-13-12-20(22(27)16-21)11-8-18-14-23(28)25(24(29)15-18)33-26(30,31)32/h12-17,19H,2-11H2,1H3. The Labute approximate surface area is 191 Å². The predicted molar refractivity (Wildman–Crippen MR) is 116 cm³/mol. The van der Waals surface area contributed by atoms with Gasteiger partial charge >= 0.3 is 6.36 Å². The Balaban J connectivity index is 1.57. The average Bonchev–Trinajstić information content (AvgIpc) is 2.75. The number of ether oxygens (including phenoxy) is 1. The Morgan fingerprint density at radius 3 is 2.09 bits per heavy atom. The molecule has 0 unspecified atom stereocenters. The maximum absolute atomic E-state index is 14.7. The maximum Gasteiger partial charge on any atom is 0.573 e. The van der Waals surface area contributed by atoms with Gasteiger partial charge in [0.2, 0.25) is 5.75 Å². The van der Waals surface area contributed by atoms with E-state index in [9.17, 15) is 26.3 Å². The molecule has 33 heavy (non-hydrogen) atoms. The summed E-state index contributed by atoms with van der Waals surface area (Å²) in [5, 5.41) is 0. The first kappa shape index (κ1) is 25.4. The van der Waals surface area contributed by atoms with E-state index in [0.717, 1.165) is 36.5 Å². The molecule has 2 aromatic rings. The topological polar surface area (TPSA) is 9.23 Å². The van der Waals surface area contributed by atoms with Gasteiger partial charge in [0.25, 0.3) is 0 Å². The Hall–Kier alpha value is -2.18. The highest BCUT2D eigenvalue weighted by Gasteiger charge is 2.34. The quantitative estimate of drug-likeness (QED) is 0.262. The molecule has 7 heteroatoms. The molecule has 1 aliphatic rings. The minimum Gasteiger partial charge on any atom is -0.399 e. The SMILES string of the molecule is CCCCCC1CCC(c2ccc(CCc3cc(F)c(OC(F)(F)F)c(F)c3)c(F)c2)CC1. The molecule has 2 aromatic carbocycles. The zero-order valence-corrected chi connectivity index (χ0v) is 18.8. The highest BCUT2D eigenvalue weighted by molar-refractivity contribution is 5.33. The summed E-state index contributed by atoms with van der Waals surface area (Å²) in [5.74, 6) is -3.62. The Kier molecular flexibility index (Phi) is 8.71. The van der Waals surface area contributed by atoms with Crippen molar-refractivity contribution in [3.05, 3.63) is 64.5 Å². The van der Waals surface area contributed by atoms with Crippen LogP contribution in [0.2, 0.25) is 0 Å². The van der Waals surface area contributed by atoms with Crippen LogP contribution in [-0.4, -0.2) is 6.36 Å². The van der Waals surface area contributed by atoms with Gasteiger partial charge in [-0.1, -0.05) is 44.7 Å². The van der Waals surface area contributed by atoms with Crippen molar-refractivity contribution in [2.75, 3.05) is 0 Å². The van der Waals surface area contributed by atoms with Crippen LogP contribution >= 0.6 is 0 Å². The van der Waals surface area contributed by atoms with Gasteiger partial charge in [-0.25, -0.2) is 13.2 Å². The summed E-state index contributed by atoms with van der Waals surface area (Å²) >= 11 is 0. The molecule has 0 bridgehead atoms. The van der Waals surface area contributed by atoms with E-state index < -0.39 is 23.7 Å². The molecule has 0 saturated heterocycles. The van der Waals surface area contributed by atoms with E-state index >= 15 is 0 Å². The fourth-order valence-electron chi connectivity index (χ4n) is 4.74. The lowest BCUT2D eigenvalue weighted by Crippen LogP contribution is -2.19. The minimum atomic E-state index is -5.19. The summed E-state index contributed by atoms with van der Waals surface area (Å²) in [6.07, 6.45) is 4.57. The van der Waals surface area contributed by atoms with Crippen LogP contribution in [0, 0.1) is 23.4 Å².